The predicted octanol–water partition coefficient (Wildman–Crippen LogP) is 1.30. The van der Waals surface area contributed by atoms with E-state index in [9.17, 15) is 9.59 Å². The molecule has 2 aromatic rings. The SMILES string of the molecule is NC(Cc1ccc(-c2ccccc2)cc1)C(=O)NCC(=O)NS. The van der Waals surface area contributed by atoms with Crippen LogP contribution in [0.2, 0.25) is 0 Å². The van der Waals surface area contributed by atoms with Crippen LogP contribution in [-0.2, 0) is 16.0 Å². The number of amides is 2. The molecule has 2 rings (SSSR count). The number of carbonyl (C=O) groups is 2. The molecule has 1 atom stereocenters. The fourth-order valence-corrected chi connectivity index (χ4v) is 2.23. The number of carbonyl (C=O) groups excluding carboxylic acids is 2. The lowest BCUT2D eigenvalue weighted by Crippen LogP contribution is -2.44. The average Bonchev–Trinajstić information content (AvgIpc) is 2.60. The first-order valence-electron chi connectivity index (χ1n) is 7.20. The van der Waals surface area contributed by atoms with Gasteiger partial charge in [-0.05, 0) is 23.1 Å². The Morgan fingerprint density at radius 3 is 2.22 bits per heavy atom. The largest absolute Gasteiger partial charge is 0.346 e. The van der Waals surface area contributed by atoms with Gasteiger partial charge in [0, 0.05) is 0 Å². The molecule has 0 aliphatic carbocycles. The molecule has 5 nitrogen and oxygen atoms in total. The second-order valence-electron chi connectivity index (χ2n) is 5.13. The Morgan fingerprint density at radius 1 is 1.00 bits per heavy atom. The van der Waals surface area contributed by atoms with Crippen LogP contribution >= 0.6 is 12.8 Å². The molecule has 0 aliphatic rings. The van der Waals surface area contributed by atoms with Gasteiger partial charge in [0.1, 0.15) is 0 Å². The molecule has 2 aromatic carbocycles. The zero-order valence-corrected chi connectivity index (χ0v) is 13.4. The van der Waals surface area contributed by atoms with E-state index in [0.717, 1.165) is 16.7 Å². The lowest BCUT2D eigenvalue weighted by molar-refractivity contribution is -0.126. The van der Waals surface area contributed by atoms with Crippen molar-refractivity contribution < 1.29 is 9.59 Å². The monoisotopic (exact) mass is 329 g/mol. The van der Waals surface area contributed by atoms with Crippen molar-refractivity contribution in [1.82, 2.24) is 10.0 Å². The number of benzene rings is 2. The summed E-state index contributed by atoms with van der Waals surface area (Å²) >= 11 is 3.61. The van der Waals surface area contributed by atoms with E-state index < -0.39 is 6.04 Å². The van der Waals surface area contributed by atoms with Gasteiger partial charge in [0.25, 0.3) is 0 Å². The van der Waals surface area contributed by atoms with E-state index in [-0.39, 0.29) is 18.4 Å². The van der Waals surface area contributed by atoms with Crippen molar-refractivity contribution in [2.24, 2.45) is 5.73 Å². The van der Waals surface area contributed by atoms with Crippen molar-refractivity contribution in [3.8, 4) is 11.1 Å². The van der Waals surface area contributed by atoms with Crippen LogP contribution < -0.4 is 15.8 Å². The molecule has 0 heterocycles. The summed E-state index contributed by atoms with van der Waals surface area (Å²) < 4.78 is 2.13. The van der Waals surface area contributed by atoms with Crippen molar-refractivity contribution in [3.05, 3.63) is 60.2 Å². The third kappa shape index (κ3) is 5.12. The summed E-state index contributed by atoms with van der Waals surface area (Å²) in [6.07, 6.45) is 0.406. The van der Waals surface area contributed by atoms with Crippen molar-refractivity contribution >= 4 is 24.6 Å². The Kier molecular flexibility index (Phi) is 6.19. The summed E-state index contributed by atoms with van der Waals surface area (Å²) in [7, 11) is 0. The Balaban J connectivity index is 1.92. The molecule has 0 aromatic heterocycles. The van der Waals surface area contributed by atoms with Gasteiger partial charge in [0.15, 0.2) is 0 Å². The average molecular weight is 329 g/mol. The van der Waals surface area contributed by atoms with Crippen LogP contribution in [0.15, 0.2) is 54.6 Å². The van der Waals surface area contributed by atoms with E-state index in [1.54, 1.807) is 0 Å². The topological polar surface area (TPSA) is 84.2 Å². The molecule has 6 heteroatoms. The Labute approximate surface area is 140 Å². The van der Waals surface area contributed by atoms with Gasteiger partial charge in [0.05, 0.1) is 12.6 Å². The molecule has 23 heavy (non-hydrogen) atoms. The van der Waals surface area contributed by atoms with E-state index in [2.05, 4.69) is 22.9 Å². The van der Waals surface area contributed by atoms with Crippen molar-refractivity contribution in [2.75, 3.05) is 6.54 Å². The molecule has 0 aliphatic heterocycles. The zero-order valence-electron chi connectivity index (χ0n) is 12.5. The van der Waals surface area contributed by atoms with Crippen LogP contribution in [0.4, 0.5) is 0 Å². The van der Waals surface area contributed by atoms with Crippen molar-refractivity contribution in [3.63, 3.8) is 0 Å². The van der Waals surface area contributed by atoms with E-state index in [0.29, 0.717) is 6.42 Å². The normalized spacial score (nSPS) is 11.6. The highest BCUT2D eigenvalue weighted by molar-refractivity contribution is 7.78. The first-order chi connectivity index (χ1) is 11.1. The minimum absolute atomic E-state index is 0.136. The Bertz CT molecular complexity index is 659. The van der Waals surface area contributed by atoms with Gasteiger partial charge in [-0.25, -0.2) is 0 Å². The van der Waals surface area contributed by atoms with Gasteiger partial charge in [-0.15, -0.1) is 0 Å². The predicted molar refractivity (Wildman–Crippen MR) is 93.7 cm³/mol. The minimum Gasteiger partial charge on any atom is -0.346 e. The lowest BCUT2D eigenvalue weighted by Gasteiger charge is -2.12. The second-order valence-corrected chi connectivity index (χ2v) is 5.35. The third-order valence-electron chi connectivity index (χ3n) is 3.40. The maximum absolute atomic E-state index is 11.8. The molecule has 120 valence electrons. The summed E-state index contributed by atoms with van der Waals surface area (Å²) in [5, 5.41) is 2.47. The highest BCUT2D eigenvalue weighted by Crippen LogP contribution is 2.19. The van der Waals surface area contributed by atoms with Gasteiger partial charge >= 0.3 is 0 Å². The molecule has 0 saturated heterocycles. The number of hydrogen-bond acceptors (Lipinski definition) is 4. The molecule has 2 amide bonds. The van der Waals surface area contributed by atoms with Gasteiger partial charge in [-0.3, -0.25) is 9.59 Å². The highest BCUT2D eigenvalue weighted by atomic mass is 32.1. The first-order valence-corrected chi connectivity index (χ1v) is 7.65. The van der Waals surface area contributed by atoms with E-state index >= 15 is 0 Å². The lowest BCUT2D eigenvalue weighted by atomic mass is 10.0. The Hall–Kier alpha value is -2.31. The molecule has 4 N–H and O–H groups in total. The molecule has 0 saturated carbocycles. The van der Waals surface area contributed by atoms with Crippen LogP contribution in [0.1, 0.15) is 5.56 Å². The van der Waals surface area contributed by atoms with Crippen LogP contribution in [0, 0.1) is 0 Å². The highest BCUT2D eigenvalue weighted by Gasteiger charge is 2.14. The minimum atomic E-state index is -0.703. The van der Waals surface area contributed by atoms with Crippen LogP contribution in [0.3, 0.4) is 0 Å². The third-order valence-corrected chi connectivity index (χ3v) is 3.65. The number of nitrogens with two attached hydrogens (primary N) is 1. The van der Waals surface area contributed by atoms with E-state index in [1.165, 1.54) is 0 Å². The molecular weight excluding hydrogens is 310 g/mol. The summed E-state index contributed by atoms with van der Waals surface area (Å²) in [5.74, 6) is -0.754. The molecule has 0 bridgehead atoms. The van der Waals surface area contributed by atoms with Crippen molar-refractivity contribution in [2.45, 2.75) is 12.5 Å². The standard InChI is InChI=1S/C17H19N3O2S/c18-15(17(22)19-11-16(21)20-23)10-12-6-8-14(9-7-12)13-4-2-1-3-5-13/h1-9,15,23H,10-11,18H2,(H,19,22)(H,20,21). The molecular formula is C17H19N3O2S. The van der Waals surface area contributed by atoms with Gasteiger partial charge in [0.2, 0.25) is 11.8 Å². The number of nitrogens with one attached hydrogen (secondary N) is 2. The smallest absolute Gasteiger partial charge is 0.249 e. The quantitative estimate of drug-likeness (QED) is 0.603. The fraction of sp³-hybridized carbons (Fsp3) is 0.176. The summed E-state index contributed by atoms with van der Waals surface area (Å²) in [5.41, 5.74) is 9.07. The number of hydrogen-bond donors (Lipinski definition) is 4. The van der Waals surface area contributed by atoms with Crippen LogP contribution in [0.5, 0.6) is 0 Å². The zero-order chi connectivity index (χ0) is 16.7. The molecule has 0 radical (unpaired) electrons. The summed E-state index contributed by atoms with van der Waals surface area (Å²) in [4.78, 5) is 22.8. The van der Waals surface area contributed by atoms with E-state index in [4.69, 9.17) is 5.73 Å². The molecule has 0 spiro atoms. The number of thiol groups is 1. The Morgan fingerprint density at radius 2 is 1.61 bits per heavy atom. The molecule has 1 unspecified atom stereocenters. The molecule has 0 fully saturated rings. The maximum atomic E-state index is 11.8. The maximum Gasteiger partial charge on any atom is 0.249 e. The van der Waals surface area contributed by atoms with Gasteiger partial charge < -0.3 is 15.8 Å². The fourth-order valence-electron chi connectivity index (χ4n) is 2.15. The number of rotatable bonds is 6. The summed E-state index contributed by atoms with van der Waals surface area (Å²) in [6.45, 7) is -0.136. The second kappa shape index (κ2) is 8.36. The van der Waals surface area contributed by atoms with Crippen LogP contribution in [-0.4, -0.2) is 24.4 Å². The van der Waals surface area contributed by atoms with Gasteiger partial charge in [-0.2, -0.15) is 0 Å². The summed E-state index contributed by atoms with van der Waals surface area (Å²) in [6, 6.07) is 17.3. The van der Waals surface area contributed by atoms with Crippen molar-refractivity contribution in [1.29, 1.82) is 0 Å². The van der Waals surface area contributed by atoms with Gasteiger partial charge in [-0.1, -0.05) is 67.4 Å². The first kappa shape index (κ1) is 17.1. The van der Waals surface area contributed by atoms with Crippen LogP contribution in [0.25, 0.3) is 11.1 Å². The van der Waals surface area contributed by atoms with E-state index in [1.807, 2.05) is 54.6 Å².